The fourth-order valence-electron chi connectivity index (χ4n) is 3.37. The Bertz CT molecular complexity index is 943. The van der Waals surface area contributed by atoms with E-state index in [2.05, 4.69) is 27.3 Å². The van der Waals surface area contributed by atoms with Crippen LogP contribution in [0.25, 0.3) is 15.9 Å². The smallest absolute Gasteiger partial charge is 0.291 e. The van der Waals surface area contributed by atoms with Crippen molar-refractivity contribution >= 4 is 33.1 Å². The third-order valence-electron chi connectivity index (χ3n) is 4.88. The Labute approximate surface area is 149 Å². The summed E-state index contributed by atoms with van der Waals surface area (Å²) in [6, 6.07) is -0.285. The summed E-state index contributed by atoms with van der Waals surface area (Å²) < 4.78 is 1.59. The van der Waals surface area contributed by atoms with Gasteiger partial charge < -0.3 is 10.4 Å². The minimum atomic E-state index is -0.366. The number of aliphatic hydroxyl groups is 1. The van der Waals surface area contributed by atoms with Crippen molar-refractivity contribution in [2.75, 3.05) is 6.61 Å². The highest BCUT2D eigenvalue weighted by molar-refractivity contribution is 7.19. The van der Waals surface area contributed by atoms with E-state index in [9.17, 15) is 9.90 Å². The highest BCUT2D eigenvalue weighted by Gasteiger charge is 2.25. The molecule has 0 radical (unpaired) electrons. The summed E-state index contributed by atoms with van der Waals surface area (Å²) in [5, 5.41) is 17.3. The van der Waals surface area contributed by atoms with E-state index in [1.54, 1.807) is 22.2 Å². The van der Waals surface area contributed by atoms with Gasteiger partial charge in [0, 0.05) is 4.88 Å². The maximum Gasteiger partial charge on any atom is 0.291 e. The number of aliphatic hydroxyl groups excluding tert-OH is 1. The van der Waals surface area contributed by atoms with Gasteiger partial charge in [0.1, 0.15) is 11.2 Å². The van der Waals surface area contributed by atoms with Gasteiger partial charge >= 0.3 is 0 Å². The third-order valence-corrected chi connectivity index (χ3v) is 6.08. The second-order valence-corrected chi connectivity index (χ2v) is 7.82. The van der Waals surface area contributed by atoms with Crippen molar-refractivity contribution in [3.05, 3.63) is 22.6 Å². The lowest BCUT2D eigenvalue weighted by Crippen LogP contribution is -2.37. The molecular weight excluding hydrogens is 338 g/mol. The molecule has 0 fully saturated rings. The van der Waals surface area contributed by atoms with Crippen molar-refractivity contribution < 1.29 is 9.90 Å². The molecule has 8 heteroatoms. The number of carbonyl (C=O) groups excluding carboxylic acids is 1. The van der Waals surface area contributed by atoms with E-state index < -0.39 is 0 Å². The number of amides is 1. The Morgan fingerprint density at radius 2 is 2.40 bits per heavy atom. The zero-order valence-electron chi connectivity index (χ0n) is 14.3. The number of hydrogen-bond donors (Lipinski definition) is 2. The molecule has 0 spiro atoms. The Balaban J connectivity index is 1.79. The summed E-state index contributed by atoms with van der Waals surface area (Å²) in [4.78, 5) is 23.7. The zero-order chi connectivity index (χ0) is 17.6. The van der Waals surface area contributed by atoms with Crippen LogP contribution in [-0.2, 0) is 12.8 Å². The van der Waals surface area contributed by atoms with Crippen molar-refractivity contribution in [1.82, 2.24) is 24.9 Å². The topological polar surface area (TPSA) is 92.4 Å². The highest BCUT2D eigenvalue weighted by atomic mass is 32.1. The molecule has 2 atom stereocenters. The first-order chi connectivity index (χ1) is 12.1. The molecule has 3 heterocycles. The van der Waals surface area contributed by atoms with Crippen LogP contribution in [0.4, 0.5) is 0 Å². The number of aromatic nitrogens is 4. The summed E-state index contributed by atoms with van der Waals surface area (Å²) in [5.41, 5.74) is 2.01. The number of rotatable bonds is 4. The lowest BCUT2D eigenvalue weighted by Gasteiger charge is -2.17. The van der Waals surface area contributed by atoms with Crippen LogP contribution >= 0.6 is 11.3 Å². The standard InChI is InChI=1S/C17H21N5O2S/c1-3-10(7-23)19-16(24)14-20-15-13-11-6-9(2)4-5-12(11)25-17(13)18-8-22(15)21-14/h8-10,23H,3-7H2,1-2H3,(H,19,24). The van der Waals surface area contributed by atoms with Gasteiger partial charge in [0.25, 0.3) is 5.91 Å². The monoisotopic (exact) mass is 359 g/mol. The molecule has 3 aromatic heterocycles. The Hall–Kier alpha value is -2.06. The zero-order valence-corrected chi connectivity index (χ0v) is 15.1. The summed E-state index contributed by atoms with van der Waals surface area (Å²) in [6.07, 6.45) is 5.58. The maximum absolute atomic E-state index is 12.4. The fourth-order valence-corrected chi connectivity index (χ4v) is 4.55. The molecule has 3 aromatic rings. The summed E-state index contributed by atoms with van der Waals surface area (Å²) >= 11 is 1.73. The molecule has 0 saturated carbocycles. The average molecular weight is 359 g/mol. The van der Waals surface area contributed by atoms with E-state index in [0.717, 1.165) is 23.1 Å². The molecule has 0 saturated heterocycles. The molecule has 2 N–H and O–H groups in total. The highest BCUT2D eigenvalue weighted by Crippen LogP contribution is 2.38. The number of nitrogens with one attached hydrogen (secondary N) is 1. The summed E-state index contributed by atoms with van der Waals surface area (Å²) in [6.45, 7) is 4.07. The fraction of sp³-hybridized carbons (Fsp3) is 0.529. The second-order valence-electron chi connectivity index (χ2n) is 6.74. The second kappa shape index (κ2) is 6.34. The molecule has 25 heavy (non-hydrogen) atoms. The maximum atomic E-state index is 12.4. The van der Waals surface area contributed by atoms with Crippen LogP contribution in [0.3, 0.4) is 0 Å². The van der Waals surface area contributed by atoms with Crippen LogP contribution in [0.5, 0.6) is 0 Å². The number of fused-ring (bicyclic) bond motifs is 5. The van der Waals surface area contributed by atoms with Gasteiger partial charge in [-0.1, -0.05) is 13.8 Å². The van der Waals surface area contributed by atoms with Crippen molar-refractivity contribution in [3.8, 4) is 0 Å². The van der Waals surface area contributed by atoms with E-state index >= 15 is 0 Å². The lowest BCUT2D eigenvalue weighted by molar-refractivity contribution is 0.0904. The predicted molar refractivity (Wildman–Crippen MR) is 96.0 cm³/mol. The Kier molecular flexibility index (Phi) is 4.16. The van der Waals surface area contributed by atoms with Gasteiger partial charge in [0.2, 0.25) is 5.82 Å². The first kappa shape index (κ1) is 16.4. The van der Waals surface area contributed by atoms with Crippen molar-refractivity contribution in [2.45, 2.75) is 45.6 Å². The predicted octanol–water partition coefficient (Wildman–Crippen LogP) is 1.96. The van der Waals surface area contributed by atoms with E-state index in [-0.39, 0.29) is 24.4 Å². The van der Waals surface area contributed by atoms with Crippen LogP contribution in [0.15, 0.2) is 6.33 Å². The normalized spacial score (nSPS) is 18.4. The van der Waals surface area contributed by atoms with Crippen LogP contribution in [0, 0.1) is 5.92 Å². The molecule has 1 aliphatic carbocycles. The van der Waals surface area contributed by atoms with Crippen molar-refractivity contribution in [2.24, 2.45) is 5.92 Å². The largest absolute Gasteiger partial charge is 0.394 e. The molecule has 0 bridgehead atoms. The number of hydrogen-bond acceptors (Lipinski definition) is 6. The number of thiophene rings is 1. The molecule has 7 nitrogen and oxygen atoms in total. The minimum Gasteiger partial charge on any atom is -0.394 e. The van der Waals surface area contributed by atoms with Crippen LogP contribution in [-0.4, -0.2) is 43.2 Å². The summed E-state index contributed by atoms with van der Waals surface area (Å²) in [5.74, 6) is 0.395. The first-order valence-electron chi connectivity index (χ1n) is 8.68. The average Bonchev–Trinajstić information content (AvgIpc) is 3.19. The molecule has 1 aliphatic rings. The van der Waals surface area contributed by atoms with Crippen molar-refractivity contribution in [3.63, 3.8) is 0 Å². The molecule has 132 valence electrons. The lowest BCUT2D eigenvalue weighted by atomic mass is 9.89. The molecule has 4 rings (SSSR count). The molecule has 0 aliphatic heterocycles. The van der Waals surface area contributed by atoms with Crippen LogP contribution < -0.4 is 5.32 Å². The van der Waals surface area contributed by atoms with E-state index in [4.69, 9.17) is 0 Å². The SMILES string of the molecule is CCC(CO)NC(=O)c1nc2c3c4c(sc3ncn2n1)CCC(C)C4. The van der Waals surface area contributed by atoms with Gasteiger partial charge in [-0.2, -0.15) is 0 Å². The van der Waals surface area contributed by atoms with Gasteiger partial charge in [0.15, 0.2) is 5.65 Å². The van der Waals surface area contributed by atoms with Gasteiger partial charge in [-0.15, -0.1) is 16.4 Å². The van der Waals surface area contributed by atoms with Gasteiger partial charge in [-0.25, -0.2) is 14.5 Å². The van der Waals surface area contributed by atoms with Crippen molar-refractivity contribution in [1.29, 1.82) is 0 Å². The van der Waals surface area contributed by atoms with E-state index in [1.165, 1.54) is 16.9 Å². The van der Waals surface area contributed by atoms with E-state index in [0.29, 0.717) is 18.0 Å². The third kappa shape index (κ3) is 2.79. The number of nitrogens with zero attached hydrogens (tertiary/aromatic N) is 4. The molecule has 0 aromatic carbocycles. The minimum absolute atomic E-state index is 0.0999. The van der Waals surface area contributed by atoms with Gasteiger partial charge in [0.05, 0.1) is 18.0 Å². The van der Waals surface area contributed by atoms with Crippen LogP contribution in [0.2, 0.25) is 0 Å². The van der Waals surface area contributed by atoms with E-state index in [1.807, 2.05) is 6.92 Å². The summed E-state index contributed by atoms with van der Waals surface area (Å²) in [7, 11) is 0. The first-order valence-corrected chi connectivity index (χ1v) is 9.49. The van der Waals surface area contributed by atoms with Crippen LogP contribution in [0.1, 0.15) is 47.7 Å². The Morgan fingerprint density at radius 3 is 3.16 bits per heavy atom. The van der Waals surface area contributed by atoms with Gasteiger partial charge in [-0.05, 0) is 37.2 Å². The molecular formula is C17H21N5O2S. The quantitative estimate of drug-likeness (QED) is 0.743. The number of carbonyl (C=O) groups is 1. The Morgan fingerprint density at radius 1 is 1.56 bits per heavy atom. The molecule has 2 unspecified atom stereocenters. The number of aryl methyl sites for hydroxylation is 1. The van der Waals surface area contributed by atoms with Gasteiger partial charge in [-0.3, -0.25) is 4.79 Å². The molecule has 1 amide bonds.